The van der Waals surface area contributed by atoms with E-state index in [1.54, 1.807) is 0 Å². The molecule has 1 unspecified atom stereocenters. The zero-order chi connectivity index (χ0) is 13.8. The summed E-state index contributed by atoms with van der Waals surface area (Å²) in [5, 5.41) is 3.46. The van der Waals surface area contributed by atoms with Crippen LogP contribution in [0.3, 0.4) is 0 Å². The monoisotopic (exact) mass is 270 g/mol. The average Bonchev–Trinajstić information content (AvgIpc) is 2.39. The van der Waals surface area contributed by atoms with E-state index in [4.69, 9.17) is 18.0 Å². The molecule has 0 amide bonds. The fraction of sp³-hybridized carbons (Fsp3) is 0.188. The highest BCUT2D eigenvalue weighted by Crippen LogP contribution is 2.22. The summed E-state index contributed by atoms with van der Waals surface area (Å²) in [5.74, 6) is 0. The molecule has 98 valence electrons. The molecule has 2 nitrogen and oxygen atoms in total. The third-order valence-corrected chi connectivity index (χ3v) is 3.36. The molecule has 2 aromatic rings. The van der Waals surface area contributed by atoms with Gasteiger partial charge in [-0.2, -0.15) is 0 Å². The molecule has 0 saturated heterocycles. The van der Waals surface area contributed by atoms with E-state index in [0.29, 0.717) is 4.99 Å². The number of para-hydroxylation sites is 1. The summed E-state index contributed by atoms with van der Waals surface area (Å²) in [6.45, 7) is 4.21. The summed E-state index contributed by atoms with van der Waals surface area (Å²) in [7, 11) is 0. The van der Waals surface area contributed by atoms with Crippen LogP contribution in [0.4, 0.5) is 5.69 Å². The summed E-state index contributed by atoms with van der Waals surface area (Å²) < 4.78 is 0. The van der Waals surface area contributed by atoms with Crippen LogP contribution in [-0.2, 0) is 0 Å². The van der Waals surface area contributed by atoms with Crippen LogP contribution >= 0.6 is 12.2 Å². The lowest BCUT2D eigenvalue weighted by atomic mass is 10.1. The molecule has 0 heterocycles. The minimum Gasteiger partial charge on any atom is -0.389 e. The van der Waals surface area contributed by atoms with E-state index in [1.165, 1.54) is 11.1 Å². The van der Waals surface area contributed by atoms with Crippen molar-refractivity contribution in [2.24, 2.45) is 5.73 Å². The zero-order valence-corrected chi connectivity index (χ0v) is 12.0. The molecule has 0 spiro atoms. The molecule has 19 heavy (non-hydrogen) atoms. The van der Waals surface area contributed by atoms with Crippen molar-refractivity contribution in [2.45, 2.75) is 19.9 Å². The third kappa shape index (κ3) is 3.32. The van der Waals surface area contributed by atoms with Crippen molar-refractivity contribution in [1.29, 1.82) is 0 Å². The van der Waals surface area contributed by atoms with Gasteiger partial charge >= 0.3 is 0 Å². The van der Waals surface area contributed by atoms with E-state index in [-0.39, 0.29) is 6.04 Å². The van der Waals surface area contributed by atoms with Crippen molar-refractivity contribution in [1.82, 2.24) is 0 Å². The van der Waals surface area contributed by atoms with E-state index < -0.39 is 0 Å². The van der Waals surface area contributed by atoms with Crippen molar-refractivity contribution in [3.8, 4) is 0 Å². The lowest BCUT2D eigenvalue weighted by molar-refractivity contribution is 0.883. The molecule has 0 radical (unpaired) electrons. The van der Waals surface area contributed by atoms with Gasteiger partial charge in [0.05, 0.1) is 0 Å². The molecule has 3 heteroatoms. The summed E-state index contributed by atoms with van der Waals surface area (Å²) in [4.78, 5) is 0.416. The number of hydrogen-bond donors (Lipinski definition) is 2. The molecule has 2 rings (SSSR count). The van der Waals surface area contributed by atoms with E-state index in [1.807, 2.05) is 24.3 Å². The smallest absolute Gasteiger partial charge is 0.106 e. The van der Waals surface area contributed by atoms with Crippen LogP contribution in [0.15, 0.2) is 48.5 Å². The van der Waals surface area contributed by atoms with Gasteiger partial charge in [-0.15, -0.1) is 0 Å². The second kappa shape index (κ2) is 5.85. The number of benzene rings is 2. The van der Waals surface area contributed by atoms with Crippen molar-refractivity contribution >= 4 is 22.9 Å². The summed E-state index contributed by atoms with van der Waals surface area (Å²) >= 11 is 5.07. The largest absolute Gasteiger partial charge is 0.389 e. The maximum Gasteiger partial charge on any atom is 0.106 e. The summed E-state index contributed by atoms with van der Waals surface area (Å²) in [6, 6.07) is 16.6. The minimum atomic E-state index is 0.205. The number of nitrogens with two attached hydrogens (primary N) is 1. The van der Waals surface area contributed by atoms with Gasteiger partial charge in [0, 0.05) is 17.3 Å². The predicted molar refractivity (Wildman–Crippen MR) is 85.5 cm³/mol. The molecule has 2 aromatic carbocycles. The molecular formula is C16H18N2S. The van der Waals surface area contributed by atoms with Gasteiger partial charge in [-0.1, -0.05) is 54.2 Å². The first-order valence-electron chi connectivity index (χ1n) is 6.30. The summed E-state index contributed by atoms with van der Waals surface area (Å²) in [5.41, 5.74) is 10.1. The second-order valence-electron chi connectivity index (χ2n) is 4.69. The van der Waals surface area contributed by atoms with Gasteiger partial charge in [-0.05, 0) is 31.5 Å². The van der Waals surface area contributed by atoms with Crippen LogP contribution in [0.2, 0.25) is 0 Å². The Morgan fingerprint density at radius 2 is 1.74 bits per heavy atom. The number of thiocarbonyl (C=S) groups is 1. The average molecular weight is 270 g/mol. The van der Waals surface area contributed by atoms with Crippen LogP contribution < -0.4 is 11.1 Å². The Morgan fingerprint density at radius 1 is 1.11 bits per heavy atom. The highest BCUT2D eigenvalue weighted by Gasteiger charge is 2.09. The van der Waals surface area contributed by atoms with Gasteiger partial charge in [-0.25, -0.2) is 0 Å². The molecule has 0 bridgehead atoms. The molecule has 0 aliphatic rings. The molecule has 0 aromatic heterocycles. The molecule has 0 aliphatic carbocycles. The maximum absolute atomic E-state index is 5.74. The van der Waals surface area contributed by atoms with Gasteiger partial charge in [0.1, 0.15) is 4.99 Å². The fourth-order valence-electron chi connectivity index (χ4n) is 2.00. The van der Waals surface area contributed by atoms with Crippen molar-refractivity contribution in [3.63, 3.8) is 0 Å². The van der Waals surface area contributed by atoms with Crippen molar-refractivity contribution < 1.29 is 0 Å². The Labute approximate surface area is 119 Å². The van der Waals surface area contributed by atoms with E-state index in [2.05, 4.69) is 43.4 Å². The Balaban J connectivity index is 2.21. The van der Waals surface area contributed by atoms with Crippen LogP contribution in [0.5, 0.6) is 0 Å². The molecule has 3 N–H and O–H groups in total. The van der Waals surface area contributed by atoms with Gasteiger partial charge < -0.3 is 11.1 Å². The quantitative estimate of drug-likeness (QED) is 0.830. The summed E-state index contributed by atoms with van der Waals surface area (Å²) in [6.07, 6.45) is 0. The van der Waals surface area contributed by atoms with E-state index in [9.17, 15) is 0 Å². The molecule has 0 aliphatic heterocycles. The zero-order valence-electron chi connectivity index (χ0n) is 11.2. The topological polar surface area (TPSA) is 38.0 Å². The van der Waals surface area contributed by atoms with Gasteiger partial charge in [-0.3, -0.25) is 0 Å². The fourth-order valence-corrected chi connectivity index (χ4v) is 2.17. The normalized spacial score (nSPS) is 11.9. The molecule has 0 fully saturated rings. The Bertz CT molecular complexity index is 576. The van der Waals surface area contributed by atoms with Crippen LogP contribution in [0.25, 0.3) is 0 Å². The van der Waals surface area contributed by atoms with E-state index >= 15 is 0 Å². The maximum atomic E-state index is 5.74. The Kier molecular flexibility index (Phi) is 4.17. The number of aryl methyl sites for hydroxylation is 1. The predicted octanol–water partition coefficient (Wildman–Crippen LogP) is 3.80. The van der Waals surface area contributed by atoms with Crippen LogP contribution in [0, 0.1) is 6.92 Å². The van der Waals surface area contributed by atoms with Gasteiger partial charge in [0.15, 0.2) is 0 Å². The second-order valence-corrected chi connectivity index (χ2v) is 5.13. The number of anilines is 1. The molecular weight excluding hydrogens is 252 g/mol. The highest BCUT2D eigenvalue weighted by molar-refractivity contribution is 7.80. The third-order valence-electron chi connectivity index (χ3n) is 3.14. The first-order valence-corrected chi connectivity index (χ1v) is 6.70. The molecule has 0 saturated carbocycles. The first-order chi connectivity index (χ1) is 9.08. The standard InChI is InChI=1S/C16H18N2S/c1-11-7-9-13(10-8-11)12(2)18-15-6-4-3-5-14(15)16(17)19/h3-10,12,18H,1-2H3,(H2,17,19). The van der Waals surface area contributed by atoms with Crippen molar-refractivity contribution in [2.75, 3.05) is 5.32 Å². The Hall–Kier alpha value is -1.87. The lowest BCUT2D eigenvalue weighted by Gasteiger charge is -2.18. The number of rotatable bonds is 4. The van der Waals surface area contributed by atoms with E-state index in [0.717, 1.165) is 11.3 Å². The Morgan fingerprint density at radius 3 is 2.37 bits per heavy atom. The number of hydrogen-bond acceptors (Lipinski definition) is 2. The van der Waals surface area contributed by atoms with Gasteiger partial charge in [0.2, 0.25) is 0 Å². The SMILES string of the molecule is Cc1ccc(C(C)Nc2ccccc2C(N)=S)cc1. The number of nitrogens with one attached hydrogen (secondary N) is 1. The lowest BCUT2D eigenvalue weighted by Crippen LogP contribution is -2.15. The van der Waals surface area contributed by atoms with Crippen LogP contribution in [0.1, 0.15) is 29.7 Å². The highest BCUT2D eigenvalue weighted by atomic mass is 32.1. The molecule has 1 atom stereocenters. The van der Waals surface area contributed by atoms with Crippen molar-refractivity contribution in [3.05, 3.63) is 65.2 Å². The first kappa shape index (κ1) is 13.6. The minimum absolute atomic E-state index is 0.205. The van der Waals surface area contributed by atoms with Gasteiger partial charge in [0.25, 0.3) is 0 Å². The van der Waals surface area contributed by atoms with Crippen LogP contribution in [-0.4, -0.2) is 4.99 Å².